The largest absolute Gasteiger partial charge is 0.462 e. The van der Waals surface area contributed by atoms with Crippen molar-refractivity contribution in [3.05, 3.63) is 61.3 Å². The summed E-state index contributed by atoms with van der Waals surface area (Å²) in [5.74, 6) is -0.740. The molecule has 1 atom stereocenters. The molecule has 2 amide bonds. The zero-order chi connectivity index (χ0) is 29.0. The van der Waals surface area contributed by atoms with Crippen LogP contribution in [0.3, 0.4) is 0 Å². The highest BCUT2D eigenvalue weighted by Crippen LogP contribution is 2.39. The van der Waals surface area contributed by atoms with Gasteiger partial charge in [-0.3, -0.25) is 19.7 Å². The number of hydrogen-bond acceptors (Lipinski definition) is 10. The Balaban J connectivity index is 1.40. The van der Waals surface area contributed by atoms with E-state index in [0.717, 1.165) is 36.1 Å². The number of aryl methyl sites for hydroxylation is 2. The molecule has 2 aromatic heterocycles. The Morgan fingerprint density at radius 1 is 1.25 bits per heavy atom. The predicted molar refractivity (Wildman–Crippen MR) is 151 cm³/mol. The Labute approximate surface area is 239 Å². The number of rotatable bonds is 10. The van der Waals surface area contributed by atoms with Crippen molar-refractivity contribution in [2.24, 2.45) is 7.05 Å². The van der Waals surface area contributed by atoms with Crippen molar-refractivity contribution in [2.45, 2.75) is 63.4 Å². The number of carbonyl (C=O) groups excluding carboxylic acids is 3. The number of hydrogen-bond donors (Lipinski definition) is 2. The fourth-order valence-electron chi connectivity index (χ4n) is 4.31. The number of esters is 1. The number of nitro benzene ring substituents is 1. The normalized spacial score (nSPS) is 13.3. The Hall–Kier alpha value is -3.78. The van der Waals surface area contributed by atoms with Gasteiger partial charge in [0.1, 0.15) is 5.00 Å². The molecule has 0 spiro atoms. The molecule has 2 heterocycles. The third-order valence-electron chi connectivity index (χ3n) is 6.54. The SMILES string of the molecule is CCOC(=O)c1c(NC(=O)[C@H](C)Sc2nnc(CNC(=O)c3ccc(C)c([N+](=O)[O-])c3)n2C)sc2c1CCCC2. The van der Waals surface area contributed by atoms with Gasteiger partial charge in [-0.05, 0) is 58.1 Å². The van der Waals surface area contributed by atoms with E-state index in [1.165, 1.54) is 41.3 Å². The van der Waals surface area contributed by atoms with Gasteiger partial charge in [0.25, 0.3) is 11.6 Å². The van der Waals surface area contributed by atoms with E-state index in [1.807, 2.05) is 0 Å². The van der Waals surface area contributed by atoms with Crippen molar-refractivity contribution in [1.82, 2.24) is 20.1 Å². The predicted octanol–water partition coefficient (Wildman–Crippen LogP) is 4.20. The average Bonchev–Trinajstić information content (AvgIpc) is 3.46. The summed E-state index contributed by atoms with van der Waals surface area (Å²) in [7, 11) is 1.72. The Bertz CT molecular complexity index is 1470. The van der Waals surface area contributed by atoms with E-state index in [-0.39, 0.29) is 30.3 Å². The van der Waals surface area contributed by atoms with Crippen LogP contribution in [0.5, 0.6) is 0 Å². The number of amides is 2. The van der Waals surface area contributed by atoms with Crippen LogP contribution in [-0.2, 0) is 36.0 Å². The summed E-state index contributed by atoms with van der Waals surface area (Å²) in [6.07, 6.45) is 3.72. The van der Waals surface area contributed by atoms with Crippen LogP contribution in [0.15, 0.2) is 23.4 Å². The molecule has 1 aromatic carbocycles. The van der Waals surface area contributed by atoms with Crippen LogP contribution in [0.2, 0.25) is 0 Å². The summed E-state index contributed by atoms with van der Waals surface area (Å²) >= 11 is 2.63. The molecule has 1 aliphatic rings. The summed E-state index contributed by atoms with van der Waals surface area (Å²) in [5.41, 5.74) is 1.94. The van der Waals surface area contributed by atoms with Gasteiger partial charge < -0.3 is 19.9 Å². The maximum absolute atomic E-state index is 13.1. The molecule has 1 aliphatic carbocycles. The van der Waals surface area contributed by atoms with Crippen molar-refractivity contribution in [2.75, 3.05) is 11.9 Å². The minimum Gasteiger partial charge on any atom is -0.462 e. The lowest BCUT2D eigenvalue weighted by molar-refractivity contribution is -0.385. The van der Waals surface area contributed by atoms with Crippen molar-refractivity contribution >= 4 is 51.6 Å². The maximum Gasteiger partial charge on any atom is 0.341 e. The van der Waals surface area contributed by atoms with E-state index in [1.54, 1.807) is 32.4 Å². The minimum absolute atomic E-state index is 0.0365. The molecule has 4 rings (SSSR count). The number of thioether (sulfide) groups is 1. The van der Waals surface area contributed by atoms with Crippen molar-refractivity contribution in [3.63, 3.8) is 0 Å². The number of thiophene rings is 1. The molecule has 212 valence electrons. The quantitative estimate of drug-likeness (QED) is 0.154. The van der Waals surface area contributed by atoms with Gasteiger partial charge in [-0.25, -0.2) is 4.79 Å². The topological polar surface area (TPSA) is 158 Å². The molecule has 0 radical (unpaired) electrons. The first kappa shape index (κ1) is 29.2. The summed E-state index contributed by atoms with van der Waals surface area (Å²) in [6.45, 7) is 5.38. The zero-order valence-corrected chi connectivity index (χ0v) is 24.2. The van der Waals surface area contributed by atoms with Crippen LogP contribution >= 0.6 is 23.1 Å². The fourth-order valence-corrected chi connectivity index (χ4v) is 6.42. The fraction of sp³-hybridized carbons (Fsp3) is 0.423. The van der Waals surface area contributed by atoms with E-state index in [0.29, 0.717) is 27.1 Å². The van der Waals surface area contributed by atoms with Crippen molar-refractivity contribution in [1.29, 1.82) is 0 Å². The van der Waals surface area contributed by atoms with E-state index < -0.39 is 22.0 Å². The monoisotopic (exact) mass is 586 g/mol. The smallest absolute Gasteiger partial charge is 0.341 e. The second kappa shape index (κ2) is 12.6. The van der Waals surface area contributed by atoms with Gasteiger partial charge in [0, 0.05) is 29.1 Å². The number of nitrogens with zero attached hydrogens (tertiary/aromatic N) is 4. The van der Waals surface area contributed by atoms with Crippen LogP contribution < -0.4 is 10.6 Å². The van der Waals surface area contributed by atoms with Crippen LogP contribution in [0.4, 0.5) is 10.7 Å². The summed E-state index contributed by atoms with van der Waals surface area (Å²) in [4.78, 5) is 50.1. The number of aromatic nitrogens is 3. The highest BCUT2D eigenvalue weighted by molar-refractivity contribution is 8.00. The Morgan fingerprint density at radius 2 is 2.00 bits per heavy atom. The number of carbonyl (C=O) groups is 3. The van der Waals surface area contributed by atoms with Crippen LogP contribution in [0, 0.1) is 17.0 Å². The van der Waals surface area contributed by atoms with E-state index >= 15 is 0 Å². The molecule has 12 nitrogen and oxygen atoms in total. The number of fused-ring (bicyclic) bond motifs is 1. The van der Waals surface area contributed by atoms with Gasteiger partial charge in [0.2, 0.25) is 5.91 Å². The summed E-state index contributed by atoms with van der Waals surface area (Å²) < 4.78 is 6.94. The highest BCUT2D eigenvalue weighted by atomic mass is 32.2. The molecule has 0 unspecified atom stereocenters. The van der Waals surface area contributed by atoms with Gasteiger partial charge in [0.05, 0.1) is 28.9 Å². The molecule has 3 aromatic rings. The lowest BCUT2D eigenvalue weighted by atomic mass is 9.95. The van der Waals surface area contributed by atoms with Crippen LogP contribution in [0.25, 0.3) is 0 Å². The Kier molecular flexibility index (Phi) is 9.20. The molecular formula is C26H30N6O6S2. The molecular weight excluding hydrogens is 556 g/mol. The van der Waals surface area contributed by atoms with Crippen molar-refractivity contribution in [3.8, 4) is 0 Å². The highest BCUT2D eigenvalue weighted by Gasteiger charge is 2.29. The maximum atomic E-state index is 13.1. The second-order valence-electron chi connectivity index (χ2n) is 9.28. The molecule has 0 saturated carbocycles. The number of anilines is 1. The van der Waals surface area contributed by atoms with Gasteiger partial charge in [-0.2, -0.15) is 0 Å². The van der Waals surface area contributed by atoms with E-state index in [9.17, 15) is 24.5 Å². The van der Waals surface area contributed by atoms with Gasteiger partial charge in [-0.15, -0.1) is 21.5 Å². The average molecular weight is 587 g/mol. The lowest BCUT2D eigenvalue weighted by Gasteiger charge is -2.13. The van der Waals surface area contributed by atoms with Gasteiger partial charge >= 0.3 is 5.97 Å². The van der Waals surface area contributed by atoms with Crippen LogP contribution in [0.1, 0.15) is 69.2 Å². The molecule has 0 saturated heterocycles. The summed E-state index contributed by atoms with van der Waals surface area (Å²) in [5, 5.41) is 25.5. The van der Waals surface area contributed by atoms with E-state index in [2.05, 4.69) is 20.8 Å². The second-order valence-corrected chi connectivity index (χ2v) is 11.7. The first-order valence-electron chi connectivity index (χ1n) is 12.8. The third kappa shape index (κ3) is 6.33. The number of nitrogens with one attached hydrogen (secondary N) is 2. The lowest BCUT2D eigenvalue weighted by Crippen LogP contribution is -2.25. The molecule has 14 heteroatoms. The number of benzene rings is 1. The van der Waals surface area contributed by atoms with Crippen LogP contribution in [-0.4, -0.2) is 49.3 Å². The molecule has 0 aliphatic heterocycles. The standard InChI is InChI=1S/C26H30N6O6S2/c1-5-38-25(35)21-17-8-6-7-9-19(17)40-24(21)28-22(33)15(3)39-26-30-29-20(31(26)4)13-27-23(34)16-11-10-14(2)18(12-16)32(36)37/h10-12,15H,5-9,13H2,1-4H3,(H,27,34)(H,28,33)/t15-/m0/s1. The molecule has 40 heavy (non-hydrogen) atoms. The first-order valence-corrected chi connectivity index (χ1v) is 14.5. The van der Waals surface area contributed by atoms with E-state index in [4.69, 9.17) is 4.74 Å². The third-order valence-corrected chi connectivity index (χ3v) is 8.88. The van der Waals surface area contributed by atoms with Crippen molar-refractivity contribution < 1.29 is 24.0 Å². The molecule has 0 fully saturated rings. The minimum atomic E-state index is -0.562. The number of ether oxygens (including phenoxy) is 1. The number of nitro groups is 1. The first-order chi connectivity index (χ1) is 19.1. The zero-order valence-electron chi connectivity index (χ0n) is 22.6. The van der Waals surface area contributed by atoms with Gasteiger partial charge in [0.15, 0.2) is 11.0 Å². The van der Waals surface area contributed by atoms with Gasteiger partial charge in [-0.1, -0.05) is 17.8 Å². The summed E-state index contributed by atoms with van der Waals surface area (Å²) in [6, 6.07) is 4.28. The molecule has 0 bridgehead atoms. The Morgan fingerprint density at radius 3 is 2.73 bits per heavy atom. The molecule has 2 N–H and O–H groups in total.